The molecule has 0 heterocycles. The first-order valence-corrected chi connectivity index (χ1v) is 32.6. The number of rotatable bonds is 59. The summed E-state index contributed by atoms with van der Waals surface area (Å²) in [7, 11) is 0. The van der Waals surface area contributed by atoms with Crippen LogP contribution in [-0.4, -0.2) is 37.2 Å². The molecule has 0 saturated carbocycles. The summed E-state index contributed by atoms with van der Waals surface area (Å²) in [5.74, 6) is -1.05. The molecule has 0 aromatic carbocycles. The van der Waals surface area contributed by atoms with Crippen LogP contribution in [0, 0.1) is 0 Å². The Morgan fingerprint density at radius 1 is 0.289 bits per heavy atom. The molecule has 0 saturated heterocycles. The Morgan fingerprint density at radius 3 is 0.882 bits per heavy atom. The molecule has 6 heteroatoms. The van der Waals surface area contributed by atoms with Crippen LogP contribution in [0.5, 0.6) is 0 Å². The third-order valence-corrected chi connectivity index (χ3v) is 14.1. The van der Waals surface area contributed by atoms with Gasteiger partial charge < -0.3 is 14.2 Å². The summed E-state index contributed by atoms with van der Waals surface area (Å²) in [6.07, 6.45) is 85.1. The zero-order valence-electron chi connectivity index (χ0n) is 50.3. The summed E-state index contributed by atoms with van der Waals surface area (Å²) in [4.78, 5) is 38.1. The Kier molecular flexibility index (Phi) is 61.2. The highest BCUT2D eigenvalue weighted by Crippen LogP contribution is 2.17. The van der Waals surface area contributed by atoms with Crippen molar-refractivity contribution in [2.24, 2.45) is 0 Å². The van der Waals surface area contributed by atoms with Gasteiger partial charge >= 0.3 is 17.9 Å². The lowest BCUT2D eigenvalue weighted by Crippen LogP contribution is -2.30. The molecule has 6 nitrogen and oxygen atoms in total. The Morgan fingerprint density at radius 2 is 0.553 bits per heavy atom. The monoisotopic (exact) mass is 1060 g/mol. The van der Waals surface area contributed by atoms with Gasteiger partial charge in [0.25, 0.3) is 0 Å². The third-order valence-electron chi connectivity index (χ3n) is 14.1. The maximum atomic E-state index is 12.8. The molecule has 1 atom stereocenters. The lowest BCUT2D eigenvalue weighted by Gasteiger charge is -2.18. The highest BCUT2D eigenvalue weighted by atomic mass is 16.6. The normalized spacial score (nSPS) is 12.6. The van der Waals surface area contributed by atoms with Crippen molar-refractivity contribution in [1.82, 2.24) is 0 Å². The molecule has 0 spiro atoms. The maximum absolute atomic E-state index is 12.8. The molecule has 0 bridgehead atoms. The summed E-state index contributed by atoms with van der Waals surface area (Å²) in [6, 6.07) is 0. The van der Waals surface area contributed by atoms with Gasteiger partial charge in [-0.25, -0.2) is 0 Å². The smallest absolute Gasteiger partial charge is 0.310 e. The van der Waals surface area contributed by atoms with Gasteiger partial charge in [0.15, 0.2) is 6.10 Å². The van der Waals surface area contributed by atoms with Crippen LogP contribution in [-0.2, 0) is 28.6 Å². The van der Waals surface area contributed by atoms with Gasteiger partial charge in [0, 0.05) is 12.8 Å². The Bertz CT molecular complexity index is 1450. The van der Waals surface area contributed by atoms with E-state index < -0.39 is 12.1 Å². The summed E-state index contributed by atoms with van der Waals surface area (Å²) in [6.45, 7) is 6.44. The van der Waals surface area contributed by atoms with Gasteiger partial charge in [-0.3, -0.25) is 14.4 Å². The van der Waals surface area contributed by atoms with E-state index in [0.29, 0.717) is 12.8 Å². The quantitative estimate of drug-likeness (QED) is 0.0261. The first-order valence-electron chi connectivity index (χ1n) is 32.6. The SMILES string of the molecule is CC/C=C\C/C=C\C/C=C\C/C=C\C/C=C\CC(=O)OC(COC(=O)CCCCCCC/C=C\CCCCC)COC(=O)CCCCCCCCCCCCCCCCCCCCC/C=C\CCCCCCCCCC. The van der Waals surface area contributed by atoms with E-state index in [-0.39, 0.29) is 31.6 Å². The Balaban J connectivity index is 4.19. The average molecular weight is 1060 g/mol. The predicted molar refractivity (Wildman–Crippen MR) is 330 cm³/mol. The number of hydrogen-bond acceptors (Lipinski definition) is 6. The molecule has 1 unspecified atom stereocenters. The number of ether oxygens (including phenoxy) is 3. The van der Waals surface area contributed by atoms with Crippen molar-refractivity contribution in [3.05, 3.63) is 85.1 Å². The molecular weight excluding hydrogens is 937 g/mol. The molecule has 0 N–H and O–H groups in total. The summed E-state index contributed by atoms with van der Waals surface area (Å²) >= 11 is 0. The number of unbranched alkanes of at least 4 members (excludes halogenated alkanes) is 35. The minimum Gasteiger partial charge on any atom is -0.462 e. The Labute approximate surface area is 471 Å². The van der Waals surface area contributed by atoms with Gasteiger partial charge in [0.05, 0.1) is 6.42 Å². The summed E-state index contributed by atoms with van der Waals surface area (Å²) in [5, 5.41) is 0. The number of hydrogen-bond donors (Lipinski definition) is 0. The number of esters is 3. The van der Waals surface area contributed by atoms with Crippen molar-refractivity contribution in [2.45, 2.75) is 329 Å². The van der Waals surface area contributed by atoms with E-state index in [1.54, 1.807) is 6.08 Å². The lowest BCUT2D eigenvalue weighted by molar-refractivity contribution is -0.166. The second-order valence-electron chi connectivity index (χ2n) is 21.7. The van der Waals surface area contributed by atoms with Gasteiger partial charge in [-0.2, -0.15) is 0 Å². The maximum Gasteiger partial charge on any atom is 0.310 e. The van der Waals surface area contributed by atoms with Crippen LogP contribution in [0.15, 0.2) is 85.1 Å². The van der Waals surface area contributed by atoms with Crippen molar-refractivity contribution in [3.8, 4) is 0 Å². The largest absolute Gasteiger partial charge is 0.462 e. The average Bonchev–Trinajstić information content (AvgIpc) is 3.42. The summed E-state index contributed by atoms with van der Waals surface area (Å²) < 4.78 is 16.8. The van der Waals surface area contributed by atoms with Crippen molar-refractivity contribution in [2.75, 3.05) is 13.2 Å². The molecule has 0 rings (SSSR count). The van der Waals surface area contributed by atoms with E-state index >= 15 is 0 Å². The van der Waals surface area contributed by atoms with Crippen LogP contribution in [0.2, 0.25) is 0 Å². The lowest BCUT2D eigenvalue weighted by atomic mass is 10.0. The predicted octanol–water partition coefficient (Wildman–Crippen LogP) is 22.3. The first kappa shape index (κ1) is 72.6. The molecule has 0 fully saturated rings. The van der Waals surface area contributed by atoms with Crippen LogP contribution in [0.25, 0.3) is 0 Å². The van der Waals surface area contributed by atoms with Crippen molar-refractivity contribution in [1.29, 1.82) is 0 Å². The van der Waals surface area contributed by atoms with Gasteiger partial charge in [-0.15, -0.1) is 0 Å². The fraction of sp³-hybridized carbons (Fsp3) is 0.757. The molecule has 76 heavy (non-hydrogen) atoms. The number of carbonyl (C=O) groups excluding carboxylic acids is 3. The molecule has 0 aromatic heterocycles. The molecule has 0 aliphatic heterocycles. The molecule has 0 aromatic rings. The van der Waals surface area contributed by atoms with Crippen molar-refractivity contribution in [3.63, 3.8) is 0 Å². The third kappa shape index (κ3) is 61.4. The zero-order valence-corrected chi connectivity index (χ0v) is 50.3. The van der Waals surface area contributed by atoms with Gasteiger partial charge in [0.1, 0.15) is 13.2 Å². The van der Waals surface area contributed by atoms with Gasteiger partial charge in [0.2, 0.25) is 0 Å². The van der Waals surface area contributed by atoms with E-state index in [2.05, 4.69) is 93.7 Å². The van der Waals surface area contributed by atoms with E-state index in [1.807, 2.05) is 6.08 Å². The van der Waals surface area contributed by atoms with E-state index in [9.17, 15) is 14.4 Å². The van der Waals surface area contributed by atoms with E-state index in [1.165, 1.54) is 199 Å². The van der Waals surface area contributed by atoms with E-state index in [4.69, 9.17) is 14.2 Å². The topological polar surface area (TPSA) is 78.9 Å². The Hall–Kier alpha value is -3.41. The standard InChI is InChI=1S/C70H122O6/c1-4-7-10-13-16-19-22-25-27-28-29-30-31-32-33-34-35-36-37-38-39-40-41-42-44-45-48-51-54-57-60-63-69(72)75-66-67(65-74-68(71)62-59-56-53-50-47-24-21-18-15-12-9-6-3)76-70(73)64-61-58-55-52-49-46-43-26-23-20-17-14-11-8-5-2/h8,11,17-18,20-21,26,28-29,43,49,52,58,61,67H,4-7,9-10,12-16,19,22-25,27,30-42,44-48,50-51,53-57,59-60,62-66H2,1-3H3/b11-8-,20-17-,21-18-,29-28-,43-26-,52-49-,61-58-. The van der Waals surface area contributed by atoms with Crippen LogP contribution in [0.1, 0.15) is 323 Å². The highest BCUT2D eigenvalue weighted by Gasteiger charge is 2.19. The van der Waals surface area contributed by atoms with Crippen LogP contribution in [0.4, 0.5) is 0 Å². The van der Waals surface area contributed by atoms with Gasteiger partial charge in [-0.1, -0.05) is 292 Å². The summed E-state index contributed by atoms with van der Waals surface area (Å²) in [5.41, 5.74) is 0. The highest BCUT2D eigenvalue weighted by molar-refractivity contribution is 5.72. The minimum absolute atomic E-state index is 0.0963. The molecule has 0 aliphatic rings. The van der Waals surface area contributed by atoms with Crippen LogP contribution >= 0.6 is 0 Å². The van der Waals surface area contributed by atoms with Crippen molar-refractivity contribution >= 4 is 17.9 Å². The molecule has 0 aliphatic carbocycles. The minimum atomic E-state index is -0.833. The number of carbonyl (C=O) groups is 3. The molecule has 0 amide bonds. The zero-order chi connectivity index (χ0) is 55.0. The van der Waals surface area contributed by atoms with E-state index in [0.717, 1.165) is 83.5 Å². The van der Waals surface area contributed by atoms with Crippen LogP contribution < -0.4 is 0 Å². The second-order valence-corrected chi connectivity index (χ2v) is 21.7. The molecule has 0 radical (unpaired) electrons. The first-order chi connectivity index (χ1) is 37.5. The second kappa shape index (κ2) is 64.1. The number of allylic oxidation sites excluding steroid dienone is 13. The molecule has 438 valence electrons. The fourth-order valence-electron chi connectivity index (χ4n) is 9.27. The molecular formula is C70H122O6. The fourth-order valence-corrected chi connectivity index (χ4v) is 9.27. The van der Waals surface area contributed by atoms with Gasteiger partial charge in [-0.05, 0) is 96.3 Å². The van der Waals surface area contributed by atoms with Crippen molar-refractivity contribution < 1.29 is 28.6 Å². The van der Waals surface area contributed by atoms with Crippen LogP contribution in [0.3, 0.4) is 0 Å².